The van der Waals surface area contributed by atoms with Crippen molar-refractivity contribution in [2.45, 2.75) is 31.9 Å². The first kappa shape index (κ1) is 30.7. The number of aliphatic hydroxyl groups excluding tert-OH is 1. The van der Waals surface area contributed by atoms with E-state index in [4.69, 9.17) is 16.3 Å². The van der Waals surface area contributed by atoms with Crippen molar-refractivity contribution >= 4 is 17.7 Å². The number of rotatable bonds is 11. The fraction of sp³-hybridized carbons (Fsp3) is 0.320. The Balaban J connectivity index is 1.76. The van der Waals surface area contributed by atoms with Gasteiger partial charge in [0.05, 0.1) is 25.4 Å². The third-order valence-corrected chi connectivity index (χ3v) is 6.24. The van der Waals surface area contributed by atoms with Crippen molar-refractivity contribution in [3.8, 4) is 17.1 Å². The summed E-state index contributed by atoms with van der Waals surface area (Å²) in [6.07, 6.45) is -9.14. The molecule has 0 spiro atoms. The topological polar surface area (TPSA) is 141 Å². The van der Waals surface area contributed by atoms with Gasteiger partial charge in [0.15, 0.2) is 23.6 Å². The maximum Gasteiger partial charge on any atom is 0.416 e. The first-order valence-corrected chi connectivity index (χ1v) is 12.6. The fourth-order valence-corrected chi connectivity index (χ4v) is 4.05. The van der Waals surface area contributed by atoms with E-state index >= 15 is 0 Å². The number of alkyl halides is 3. The summed E-state index contributed by atoms with van der Waals surface area (Å²) in [5, 5.41) is 28.1. The molecular formula is C25H24ClF4N7O5. The molecule has 0 unspecified atom stereocenters. The Bertz CT molecular complexity index is 1600. The first-order valence-electron chi connectivity index (χ1n) is 12.2. The minimum absolute atomic E-state index is 0.0208. The van der Waals surface area contributed by atoms with E-state index in [9.17, 15) is 37.4 Å². The second kappa shape index (κ2) is 12.7. The van der Waals surface area contributed by atoms with Crippen molar-refractivity contribution in [1.82, 2.24) is 34.0 Å². The number of benzene rings is 2. The maximum absolute atomic E-state index is 14.0. The molecule has 0 fully saturated rings. The molecule has 17 heteroatoms. The Labute approximate surface area is 240 Å². The van der Waals surface area contributed by atoms with E-state index in [2.05, 4.69) is 15.2 Å². The molecule has 0 bridgehead atoms. The largest absolute Gasteiger partial charge is 0.465 e. The zero-order valence-corrected chi connectivity index (χ0v) is 22.6. The molecule has 0 aliphatic heterocycles. The van der Waals surface area contributed by atoms with Gasteiger partial charge in [-0.3, -0.25) is 9.47 Å². The van der Waals surface area contributed by atoms with Gasteiger partial charge in [0.25, 0.3) is 0 Å². The number of carboxylic acid groups (broad SMARTS) is 1. The van der Waals surface area contributed by atoms with Gasteiger partial charge in [-0.05, 0) is 42.5 Å². The lowest BCUT2D eigenvalue weighted by Gasteiger charge is -2.18. The van der Waals surface area contributed by atoms with E-state index in [-0.39, 0.29) is 48.4 Å². The molecule has 1 amide bonds. The van der Waals surface area contributed by atoms with Crippen LogP contribution in [0.25, 0.3) is 17.1 Å². The summed E-state index contributed by atoms with van der Waals surface area (Å²) in [7, 11) is 1.40. The molecule has 4 rings (SSSR count). The second-order valence-corrected chi connectivity index (χ2v) is 9.41. The highest BCUT2D eigenvalue weighted by Crippen LogP contribution is 2.24. The highest BCUT2D eigenvalue weighted by molar-refractivity contribution is 6.30. The zero-order valence-electron chi connectivity index (χ0n) is 21.9. The molecule has 0 aliphatic rings. The summed E-state index contributed by atoms with van der Waals surface area (Å²) >= 11 is 5.92. The molecule has 4 aromatic rings. The molecule has 1 atom stereocenters. The third-order valence-electron chi connectivity index (χ3n) is 5.99. The molecule has 12 nitrogen and oxygen atoms in total. The standard InChI is InChI=1S/C25H24ClF4N7O5/c1-42-10-9-34(24(40)41)14-21-31-20(32-37(21)18-4-2-3-17(27)11-18)13-36-23(39)35(12-19(38)25(28,29)30)22(33-36)15-5-7-16(26)8-6-15/h2-8,11,19,38H,9-10,12-14H2,1H3,(H,40,41)/t19-/m0/s1. The minimum Gasteiger partial charge on any atom is -0.465 e. The molecule has 0 radical (unpaired) electrons. The number of aromatic nitrogens is 6. The van der Waals surface area contributed by atoms with Crippen molar-refractivity contribution < 1.29 is 37.3 Å². The first-order chi connectivity index (χ1) is 19.9. The van der Waals surface area contributed by atoms with Crippen molar-refractivity contribution in [1.29, 1.82) is 0 Å². The summed E-state index contributed by atoms with van der Waals surface area (Å²) < 4.78 is 61.1. The lowest BCUT2D eigenvalue weighted by molar-refractivity contribution is -0.207. The van der Waals surface area contributed by atoms with Crippen molar-refractivity contribution in [3.05, 3.63) is 81.5 Å². The van der Waals surface area contributed by atoms with Crippen LogP contribution in [0, 0.1) is 5.82 Å². The molecule has 42 heavy (non-hydrogen) atoms. The van der Waals surface area contributed by atoms with Gasteiger partial charge in [-0.1, -0.05) is 17.7 Å². The summed E-state index contributed by atoms with van der Waals surface area (Å²) in [5.41, 5.74) is -0.549. The number of nitrogens with zero attached hydrogens (tertiary/aromatic N) is 7. The van der Waals surface area contributed by atoms with Crippen LogP contribution in [0.4, 0.5) is 22.4 Å². The van der Waals surface area contributed by atoms with Crippen LogP contribution < -0.4 is 5.69 Å². The normalized spacial score (nSPS) is 12.5. The van der Waals surface area contributed by atoms with E-state index in [1.165, 1.54) is 54.3 Å². The minimum atomic E-state index is -5.00. The Morgan fingerprint density at radius 1 is 1.17 bits per heavy atom. The van der Waals surface area contributed by atoms with Gasteiger partial charge < -0.3 is 14.9 Å². The number of aliphatic hydroxyl groups is 1. The molecule has 224 valence electrons. The lowest BCUT2D eigenvalue weighted by atomic mass is 10.2. The monoisotopic (exact) mass is 613 g/mol. The maximum atomic E-state index is 14.0. The van der Waals surface area contributed by atoms with Crippen LogP contribution in [0.2, 0.25) is 5.02 Å². The van der Waals surface area contributed by atoms with Crippen LogP contribution in [0.3, 0.4) is 0 Å². The third kappa shape index (κ3) is 7.13. The predicted molar refractivity (Wildman–Crippen MR) is 140 cm³/mol. The van der Waals surface area contributed by atoms with Crippen molar-refractivity contribution in [2.24, 2.45) is 0 Å². The van der Waals surface area contributed by atoms with Gasteiger partial charge in [0.1, 0.15) is 12.4 Å². The van der Waals surface area contributed by atoms with Gasteiger partial charge >= 0.3 is 18.0 Å². The molecule has 2 N–H and O–H groups in total. The number of carbonyl (C=O) groups is 1. The van der Waals surface area contributed by atoms with Crippen LogP contribution in [0.5, 0.6) is 0 Å². The van der Waals surface area contributed by atoms with E-state index in [0.717, 1.165) is 15.6 Å². The number of amides is 1. The Morgan fingerprint density at radius 2 is 1.88 bits per heavy atom. The van der Waals surface area contributed by atoms with Crippen molar-refractivity contribution in [2.75, 3.05) is 20.3 Å². The Morgan fingerprint density at radius 3 is 2.50 bits per heavy atom. The number of methoxy groups -OCH3 is 1. The molecule has 2 heterocycles. The van der Waals surface area contributed by atoms with E-state index in [1.54, 1.807) is 0 Å². The number of halogens is 5. The molecule has 0 saturated carbocycles. The van der Waals surface area contributed by atoms with Gasteiger partial charge in [-0.2, -0.15) is 13.2 Å². The van der Waals surface area contributed by atoms with E-state index in [0.29, 0.717) is 9.59 Å². The fourth-order valence-electron chi connectivity index (χ4n) is 3.92. The lowest BCUT2D eigenvalue weighted by Crippen LogP contribution is -2.37. The summed E-state index contributed by atoms with van der Waals surface area (Å²) in [5.74, 6) is -0.791. The molecule has 2 aromatic carbocycles. The van der Waals surface area contributed by atoms with Gasteiger partial charge in [0.2, 0.25) is 0 Å². The summed E-state index contributed by atoms with van der Waals surface area (Å²) in [4.78, 5) is 30.4. The highest BCUT2D eigenvalue weighted by atomic mass is 35.5. The van der Waals surface area contributed by atoms with Gasteiger partial charge in [-0.25, -0.2) is 28.3 Å². The quantitative estimate of drug-likeness (QED) is 0.246. The second-order valence-electron chi connectivity index (χ2n) is 8.97. The van der Waals surface area contributed by atoms with Crippen LogP contribution >= 0.6 is 11.6 Å². The summed E-state index contributed by atoms with van der Waals surface area (Å²) in [6, 6.07) is 11.0. The SMILES string of the molecule is COCCN(Cc1nc(Cn2nc(-c3ccc(Cl)cc3)n(C[C@H](O)C(F)(F)F)c2=O)nn1-c1cccc(F)c1)C(=O)O. The number of ether oxygens (including phenoxy) is 1. The Kier molecular flexibility index (Phi) is 9.28. The zero-order chi connectivity index (χ0) is 30.6. The molecule has 2 aromatic heterocycles. The smallest absolute Gasteiger partial charge is 0.416 e. The summed E-state index contributed by atoms with van der Waals surface area (Å²) in [6.45, 7) is -1.82. The highest BCUT2D eigenvalue weighted by Gasteiger charge is 2.39. The van der Waals surface area contributed by atoms with Crippen LogP contribution in [0.1, 0.15) is 11.6 Å². The van der Waals surface area contributed by atoms with E-state index in [1.807, 2.05) is 0 Å². The van der Waals surface area contributed by atoms with Crippen LogP contribution in [-0.4, -0.2) is 82.9 Å². The predicted octanol–water partition coefficient (Wildman–Crippen LogP) is 3.18. The Hall–Kier alpha value is -4.28. The average molecular weight is 614 g/mol. The number of hydrogen-bond acceptors (Lipinski definition) is 7. The average Bonchev–Trinajstić information content (AvgIpc) is 3.47. The van der Waals surface area contributed by atoms with Gasteiger partial charge in [0, 0.05) is 24.2 Å². The number of hydrogen-bond donors (Lipinski definition) is 2. The molecule has 0 aliphatic carbocycles. The molecule has 0 saturated heterocycles. The van der Waals surface area contributed by atoms with Gasteiger partial charge in [-0.15, -0.1) is 10.2 Å². The van der Waals surface area contributed by atoms with Crippen molar-refractivity contribution in [3.63, 3.8) is 0 Å². The van der Waals surface area contributed by atoms with Crippen LogP contribution in [-0.2, 0) is 24.4 Å². The molecular weight excluding hydrogens is 590 g/mol. The van der Waals surface area contributed by atoms with E-state index < -0.39 is 43.0 Å². The van der Waals surface area contributed by atoms with Crippen LogP contribution in [0.15, 0.2) is 53.3 Å².